The second-order valence-corrected chi connectivity index (χ2v) is 13.8. The summed E-state index contributed by atoms with van der Waals surface area (Å²) in [5.41, 5.74) is -1.93. The monoisotopic (exact) mass is 385 g/mol. The molecule has 2 rings (SSSR count). The minimum Gasteiger partial charge on any atom is -0.443 e. The van der Waals surface area contributed by atoms with Crippen LogP contribution >= 0.6 is 0 Å². The highest BCUT2D eigenvalue weighted by atomic mass is 28.4. The van der Waals surface area contributed by atoms with E-state index in [1.54, 1.807) is 20.8 Å². The molecule has 0 aliphatic carbocycles. The normalized spacial score (nSPS) is 28.4. The second kappa shape index (κ2) is 6.91. The van der Waals surface area contributed by atoms with E-state index in [2.05, 4.69) is 27.7 Å². The van der Waals surface area contributed by atoms with Crippen molar-refractivity contribution < 1.29 is 23.5 Å². The summed E-state index contributed by atoms with van der Waals surface area (Å²) >= 11 is 0. The molecule has 2 amide bonds. The van der Waals surface area contributed by atoms with Gasteiger partial charge in [-0.2, -0.15) is 0 Å². The van der Waals surface area contributed by atoms with Gasteiger partial charge in [-0.25, -0.2) is 9.69 Å². The number of nitrogens with zero attached hydrogens (tertiary/aromatic N) is 1. The zero-order valence-electron chi connectivity index (χ0n) is 17.6. The molecule has 0 spiro atoms. The molecule has 2 saturated heterocycles. The maximum Gasteiger partial charge on any atom is 0.417 e. The second-order valence-electron chi connectivity index (χ2n) is 9.16. The number of hydrogen-bond acceptors (Lipinski definition) is 5. The van der Waals surface area contributed by atoms with Crippen LogP contribution in [0.4, 0.5) is 4.79 Å². The zero-order valence-corrected chi connectivity index (χ0v) is 18.6. The molecule has 2 atom stereocenters. The topological polar surface area (TPSA) is 65.1 Å². The van der Waals surface area contributed by atoms with Gasteiger partial charge in [0.1, 0.15) is 5.60 Å². The minimum absolute atomic E-state index is 0.280. The molecule has 0 aromatic rings. The van der Waals surface area contributed by atoms with Crippen LogP contribution in [-0.2, 0) is 18.7 Å². The van der Waals surface area contributed by atoms with Crippen LogP contribution in [0.3, 0.4) is 0 Å². The fourth-order valence-electron chi connectivity index (χ4n) is 4.23. The van der Waals surface area contributed by atoms with E-state index in [1.807, 2.05) is 6.92 Å². The standard InChI is InChI=1S/C19H35NO5Si/c1-9-26(10-2,11-3)25-19(8)14(18(7)12-23-13-18)20(15(19)21)16(22)24-17(4,5)6/h14H,9-13H2,1-8H3/t14-,19+/m0/s1. The lowest BCUT2D eigenvalue weighted by Crippen LogP contribution is -2.83. The van der Waals surface area contributed by atoms with E-state index in [9.17, 15) is 9.59 Å². The molecule has 0 aromatic carbocycles. The van der Waals surface area contributed by atoms with Crippen LogP contribution in [0.5, 0.6) is 0 Å². The summed E-state index contributed by atoms with van der Waals surface area (Å²) in [6.07, 6.45) is -0.585. The van der Waals surface area contributed by atoms with E-state index in [-0.39, 0.29) is 17.4 Å². The summed E-state index contributed by atoms with van der Waals surface area (Å²) in [5.74, 6) is -0.280. The maximum absolute atomic E-state index is 13.1. The Labute approximate surface area is 158 Å². The van der Waals surface area contributed by atoms with Crippen molar-refractivity contribution in [1.29, 1.82) is 0 Å². The van der Waals surface area contributed by atoms with Crippen LogP contribution in [0.15, 0.2) is 0 Å². The third kappa shape index (κ3) is 3.45. The van der Waals surface area contributed by atoms with Crippen molar-refractivity contribution in [2.45, 2.75) is 90.8 Å². The molecule has 2 aliphatic rings. The summed E-state index contributed by atoms with van der Waals surface area (Å²) in [7, 11) is -2.03. The smallest absolute Gasteiger partial charge is 0.417 e. The van der Waals surface area contributed by atoms with Crippen LogP contribution < -0.4 is 0 Å². The molecular weight excluding hydrogens is 350 g/mol. The van der Waals surface area contributed by atoms with Gasteiger partial charge in [0.05, 0.1) is 19.3 Å². The molecule has 0 unspecified atom stereocenters. The first-order valence-corrected chi connectivity index (χ1v) is 12.3. The van der Waals surface area contributed by atoms with Crippen LogP contribution in [0, 0.1) is 5.41 Å². The van der Waals surface area contributed by atoms with E-state index < -0.39 is 25.6 Å². The van der Waals surface area contributed by atoms with Gasteiger partial charge in [-0.1, -0.05) is 27.7 Å². The highest BCUT2D eigenvalue weighted by Crippen LogP contribution is 2.50. The zero-order chi connectivity index (χ0) is 20.0. The number of amides is 2. The number of carbonyl (C=O) groups excluding carboxylic acids is 2. The summed E-state index contributed by atoms with van der Waals surface area (Å²) in [4.78, 5) is 27.1. The Hall–Kier alpha value is -0.923. The van der Waals surface area contributed by atoms with Crippen molar-refractivity contribution in [2.24, 2.45) is 5.41 Å². The number of hydrogen-bond donors (Lipinski definition) is 0. The molecule has 6 nitrogen and oxygen atoms in total. The van der Waals surface area contributed by atoms with Crippen LogP contribution in [0.25, 0.3) is 0 Å². The van der Waals surface area contributed by atoms with Gasteiger partial charge < -0.3 is 13.9 Å². The first-order valence-electron chi connectivity index (χ1n) is 9.72. The number of ether oxygens (including phenoxy) is 2. The molecule has 26 heavy (non-hydrogen) atoms. The van der Waals surface area contributed by atoms with Gasteiger partial charge in [0.25, 0.3) is 5.91 Å². The SMILES string of the molecule is CC[Si](CC)(CC)O[C@@]1(C)C(=O)N(C(=O)OC(C)(C)C)[C@H]1C1(C)COC1. The molecule has 7 heteroatoms. The molecule has 2 heterocycles. The highest BCUT2D eigenvalue weighted by molar-refractivity contribution is 6.73. The molecule has 2 aliphatic heterocycles. The Morgan fingerprint density at radius 3 is 2.04 bits per heavy atom. The lowest BCUT2D eigenvalue weighted by molar-refractivity contribution is -0.228. The third-order valence-electron chi connectivity index (χ3n) is 5.90. The summed E-state index contributed by atoms with van der Waals surface area (Å²) in [6.45, 7) is 16.8. The Morgan fingerprint density at radius 2 is 1.69 bits per heavy atom. The van der Waals surface area contributed by atoms with Gasteiger partial charge >= 0.3 is 6.09 Å². The molecule has 2 fully saturated rings. The average Bonchev–Trinajstić information content (AvgIpc) is 2.53. The van der Waals surface area contributed by atoms with Crippen molar-refractivity contribution in [3.05, 3.63) is 0 Å². The molecule has 0 radical (unpaired) electrons. The van der Waals surface area contributed by atoms with Crippen molar-refractivity contribution in [1.82, 2.24) is 4.90 Å². The summed E-state index contributed by atoms with van der Waals surface area (Å²) in [5, 5.41) is 0. The lowest BCUT2D eigenvalue weighted by atomic mass is 9.66. The quantitative estimate of drug-likeness (QED) is 0.512. The van der Waals surface area contributed by atoms with Crippen LogP contribution in [0.1, 0.15) is 55.4 Å². The van der Waals surface area contributed by atoms with Gasteiger partial charge in [-0.15, -0.1) is 0 Å². The molecule has 0 saturated carbocycles. The predicted octanol–water partition coefficient (Wildman–Crippen LogP) is 3.95. The Bertz CT molecular complexity index is 557. The van der Waals surface area contributed by atoms with Crippen molar-refractivity contribution in [2.75, 3.05) is 13.2 Å². The van der Waals surface area contributed by atoms with E-state index in [4.69, 9.17) is 13.9 Å². The number of β-lactam (4-membered cyclic amide) rings is 1. The molecule has 0 aromatic heterocycles. The molecule has 0 bridgehead atoms. The highest BCUT2D eigenvalue weighted by Gasteiger charge is 2.70. The van der Waals surface area contributed by atoms with E-state index in [0.717, 1.165) is 18.1 Å². The molecule has 0 N–H and O–H groups in total. The first-order chi connectivity index (χ1) is 11.9. The number of carbonyl (C=O) groups is 2. The lowest BCUT2D eigenvalue weighted by Gasteiger charge is -2.62. The fraction of sp³-hybridized carbons (Fsp3) is 0.895. The number of rotatable bonds is 6. The van der Waals surface area contributed by atoms with Gasteiger partial charge in [0, 0.05) is 5.41 Å². The Morgan fingerprint density at radius 1 is 1.19 bits per heavy atom. The van der Waals surface area contributed by atoms with Crippen LogP contribution in [0.2, 0.25) is 18.1 Å². The van der Waals surface area contributed by atoms with Crippen molar-refractivity contribution in [3.63, 3.8) is 0 Å². The van der Waals surface area contributed by atoms with Gasteiger partial charge in [0.2, 0.25) is 0 Å². The summed E-state index contributed by atoms with van der Waals surface area (Å²) in [6, 6.07) is 2.50. The fourth-order valence-corrected chi connectivity index (χ4v) is 7.26. The first kappa shape index (κ1) is 21.4. The van der Waals surface area contributed by atoms with Crippen LogP contribution in [-0.4, -0.2) is 55.7 Å². The number of imide groups is 1. The Balaban J connectivity index is 2.34. The van der Waals surface area contributed by atoms with Crippen molar-refractivity contribution in [3.8, 4) is 0 Å². The maximum atomic E-state index is 13.1. The molecule has 150 valence electrons. The van der Waals surface area contributed by atoms with Crippen molar-refractivity contribution >= 4 is 20.3 Å². The van der Waals surface area contributed by atoms with E-state index in [0.29, 0.717) is 13.2 Å². The van der Waals surface area contributed by atoms with E-state index in [1.165, 1.54) is 4.90 Å². The predicted molar refractivity (Wildman–Crippen MR) is 102 cm³/mol. The van der Waals surface area contributed by atoms with Gasteiger partial charge in [-0.3, -0.25) is 4.79 Å². The average molecular weight is 386 g/mol. The Kier molecular flexibility index (Phi) is 5.68. The van der Waals surface area contributed by atoms with E-state index >= 15 is 0 Å². The number of likely N-dealkylation sites (tertiary alicyclic amines) is 1. The largest absolute Gasteiger partial charge is 0.443 e. The van der Waals surface area contributed by atoms with Gasteiger partial charge in [-0.05, 0) is 45.8 Å². The van der Waals surface area contributed by atoms with Gasteiger partial charge in [0.15, 0.2) is 13.9 Å². The summed E-state index contributed by atoms with van der Waals surface area (Å²) < 4.78 is 17.6. The minimum atomic E-state index is -2.03. The third-order valence-corrected chi connectivity index (χ3v) is 10.6. The molecular formula is C19H35NO5Si.